The lowest BCUT2D eigenvalue weighted by molar-refractivity contribution is -0.116. The summed E-state index contributed by atoms with van der Waals surface area (Å²) in [6, 6.07) is 11.0. The van der Waals surface area contributed by atoms with E-state index in [1.807, 2.05) is 22.9 Å². The van der Waals surface area contributed by atoms with Crippen LogP contribution in [-0.4, -0.2) is 17.0 Å². The van der Waals surface area contributed by atoms with Crippen LogP contribution in [0.4, 0.5) is 5.69 Å². The lowest BCUT2D eigenvalue weighted by Crippen LogP contribution is -2.21. The first-order chi connectivity index (χ1) is 9.69. The Bertz CT molecular complexity index is 563. The number of nitrogens with one attached hydrogen (secondary N) is 2. The topological polar surface area (TPSA) is 46.1 Å². The smallest absolute Gasteiger partial charge is 0.244 e. The van der Waals surface area contributed by atoms with E-state index in [4.69, 9.17) is 11.6 Å². The molecular formula is C15H18ClN3O. The Morgan fingerprint density at radius 1 is 1.25 bits per heavy atom. The van der Waals surface area contributed by atoms with Crippen molar-refractivity contribution < 1.29 is 4.79 Å². The Labute approximate surface area is 123 Å². The summed E-state index contributed by atoms with van der Waals surface area (Å²) in [5.74, 6) is -0.0544. The molecule has 0 unspecified atom stereocenters. The summed E-state index contributed by atoms with van der Waals surface area (Å²) in [5, 5.41) is 6.76. The fourth-order valence-corrected chi connectivity index (χ4v) is 2.03. The number of anilines is 1. The van der Waals surface area contributed by atoms with E-state index in [1.165, 1.54) is 0 Å². The normalized spacial score (nSPS) is 10.5. The third-order valence-corrected chi connectivity index (χ3v) is 3.17. The molecule has 2 rings (SSSR count). The number of halogens is 1. The number of aromatic nitrogens is 1. The van der Waals surface area contributed by atoms with Crippen molar-refractivity contribution >= 4 is 23.2 Å². The van der Waals surface area contributed by atoms with E-state index < -0.39 is 0 Å². The van der Waals surface area contributed by atoms with Gasteiger partial charge in [-0.25, -0.2) is 0 Å². The summed E-state index contributed by atoms with van der Waals surface area (Å²) < 4.78 is 1.94. The predicted octanol–water partition coefficient (Wildman–Crippen LogP) is 2.89. The Morgan fingerprint density at radius 2 is 2.00 bits per heavy atom. The monoisotopic (exact) mass is 291 g/mol. The maximum absolute atomic E-state index is 12.0. The SMILES string of the molecule is CCNCc1cccn1CC(=O)Nc1ccc(Cl)cc1. The second-order valence-electron chi connectivity index (χ2n) is 4.46. The van der Waals surface area contributed by atoms with Crippen LogP contribution >= 0.6 is 11.6 Å². The van der Waals surface area contributed by atoms with E-state index in [2.05, 4.69) is 17.6 Å². The highest BCUT2D eigenvalue weighted by atomic mass is 35.5. The molecule has 5 heteroatoms. The van der Waals surface area contributed by atoms with Gasteiger partial charge in [-0.2, -0.15) is 0 Å². The summed E-state index contributed by atoms with van der Waals surface area (Å²) in [4.78, 5) is 12.0. The van der Waals surface area contributed by atoms with Gasteiger partial charge < -0.3 is 15.2 Å². The molecule has 106 valence electrons. The van der Waals surface area contributed by atoms with Crippen molar-refractivity contribution in [3.05, 3.63) is 53.3 Å². The summed E-state index contributed by atoms with van der Waals surface area (Å²) in [6.07, 6.45) is 1.91. The van der Waals surface area contributed by atoms with E-state index in [9.17, 15) is 4.79 Å². The molecule has 0 aliphatic rings. The van der Waals surface area contributed by atoms with E-state index >= 15 is 0 Å². The van der Waals surface area contributed by atoms with Crippen LogP contribution in [0, 0.1) is 0 Å². The molecule has 0 radical (unpaired) electrons. The van der Waals surface area contributed by atoms with Crippen LogP contribution in [0.25, 0.3) is 0 Å². The van der Waals surface area contributed by atoms with Crippen molar-refractivity contribution in [3.8, 4) is 0 Å². The fourth-order valence-electron chi connectivity index (χ4n) is 1.91. The van der Waals surface area contributed by atoms with Gasteiger partial charge in [0.1, 0.15) is 6.54 Å². The van der Waals surface area contributed by atoms with Crippen molar-refractivity contribution in [3.63, 3.8) is 0 Å². The zero-order chi connectivity index (χ0) is 14.4. The third kappa shape index (κ3) is 4.11. The maximum atomic E-state index is 12.0. The Morgan fingerprint density at radius 3 is 2.70 bits per heavy atom. The van der Waals surface area contributed by atoms with Crippen LogP contribution in [0.1, 0.15) is 12.6 Å². The molecule has 2 aromatic rings. The molecule has 4 nitrogen and oxygen atoms in total. The second-order valence-corrected chi connectivity index (χ2v) is 4.90. The highest BCUT2D eigenvalue weighted by molar-refractivity contribution is 6.30. The number of nitrogens with zero attached hydrogens (tertiary/aromatic N) is 1. The van der Waals surface area contributed by atoms with Crippen molar-refractivity contribution in [2.75, 3.05) is 11.9 Å². The van der Waals surface area contributed by atoms with Crippen molar-refractivity contribution in [2.45, 2.75) is 20.0 Å². The first-order valence-corrected chi connectivity index (χ1v) is 6.97. The van der Waals surface area contributed by atoms with E-state index in [1.54, 1.807) is 24.3 Å². The number of rotatable bonds is 6. The molecule has 0 fully saturated rings. The van der Waals surface area contributed by atoms with Gasteiger partial charge >= 0.3 is 0 Å². The molecule has 1 aromatic heterocycles. The maximum Gasteiger partial charge on any atom is 0.244 e. The van der Waals surface area contributed by atoms with E-state index in [0.29, 0.717) is 11.6 Å². The molecule has 0 saturated carbocycles. The van der Waals surface area contributed by atoms with Crippen LogP contribution in [0.3, 0.4) is 0 Å². The van der Waals surface area contributed by atoms with Crippen molar-refractivity contribution in [2.24, 2.45) is 0 Å². The molecule has 1 heterocycles. The minimum absolute atomic E-state index is 0.0544. The zero-order valence-corrected chi connectivity index (χ0v) is 12.2. The van der Waals surface area contributed by atoms with Gasteiger partial charge in [0.05, 0.1) is 0 Å². The van der Waals surface area contributed by atoms with Gasteiger partial charge in [0.25, 0.3) is 0 Å². The van der Waals surface area contributed by atoms with Crippen LogP contribution in [0.15, 0.2) is 42.6 Å². The first kappa shape index (κ1) is 14.6. The lowest BCUT2D eigenvalue weighted by Gasteiger charge is -2.10. The molecule has 1 amide bonds. The number of benzene rings is 1. The largest absolute Gasteiger partial charge is 0.341 e. The summed E-state index contributed by atoms with van der Waals surface area (Å²) >= 11 is 5.81. The number of carbonyl (C=O) groups is 1. The fraction of sp³-hybridized carbons (Fsp3) is 0.267. The summed E-state index contributed by atoms with van der Waals surface area (Å²) in [6.45, 7) is 4.02. The van der Waals surface area contributed by atoms with Gasteiger partial charge in [0.15, 0.2) is 0 Å². The van der Waals surface area contributed by atoms with Crippen molar-refractivity contribution in [1.29, 1.82) is 0 Å². The quantitative estimate of drug-likeness (QED) is 0.860. The first-order valence-electron chi connectivity index (χ1n) is 6.59. The number of amides is 1. The van der Waals surface area contributed by atoms with Gasteiger partial charge in [-0.1, -0.05) is 18.5 Å². The zero-order valence-electron chi connectivity index (χ0n) is 11.4. The van der Waals surface area contributed by atoms with E-state index in [0.717, 1.165) is 24.5 Å². The van der Waals surface area contributed by atoms with Crippen LogP contribution in [-0.2, 0) is 17.9 Å². The average molecular weight is 292 g/mol. The van der Waals surface area contributed by atoms with E-state index in [-0.39, 0.29) is 5.91 Å². The number of carbonyl (C=O) groups excluding carboxylic acids is 1. The van der Waals surface area contributed by atoms with Gasteiger partial charge in [0.2, 0.25) is 5.91 Å². The second kappa shape index (κ2) is 7.12. The molecule has 0 spiro atoms. The van der Waals surface area contributed by atoms with Crippen LogP contribution in [0.2, 0.25) is 5.02 Å². The molecule has 0 aliphatic heterocycles. The van der Waals surface area contributed by atoms with Crippen LogP contribution < -0.4 is 10.6 Å². The summed E-state index contributed by atoms with van der Waals surface area (Å²) in [5.41, 5.74) is 1.85. The highest BCUT2D eigenvalue weighted by Gasteiger charge is 2.06. The minimum atomic E-state index is -0.0544. The molecule has 1 aromatic carbocycles. The third-order valence-electron chi connectivity index (χ3n) is 2.92. The van der Waals surface area contributed by atoms with Gasteiger partial charge in [-0.3, -0.25) is 4.79 Å². The summed E-state index contributed by atoms with van der Waals surface area (Å²) in [7, 11) is 0. The number of hydrogen-bond donors (Lipinski definition) is 2. The molecule has 0 bridgehead atoms. The standard InChI is InChI=1S/C15H18ClN3O/c1-2-17-10-14-4-3-9-19(14)11-15(20)18-13-7-5-12(16)6-8-13/h3-9,17H,2,10-11H2,1H3,(H,18,20). The number of hydrogen-bond acceptors (Lipinski definition) is 2. The van der Waals surface area contributed by atoms with Crippen molar-refractivity contribution in [1.82, 2.24) is 9.88 Å². The Hall–Kier alpha value is -1.78. The Balaban J connectivity index is 1.94. The molecule has 0 atom stereocenters. The van der Waals surface area contributed by atoms with Gasteiger partial charge in [-0.05, 0) is 42.9 Å². The molecule has 0 saturated heterocycles. The minimum Gasteiger partial charge on any atom is -0.341 e. The molecule has 20 heavy (non-hydrogen) atoms. The van der Waals surface area contributed by atoms with Gasteiger partial charge in [0, 0.05) is 29.1 Å². The molecule has 0 aliphatic carbocycles. The predicted molar refractivity (Wildman–Crippen MR) is 81.9 cm³/mol. The Kier molecular flexibility index (Phi) is 5.21. The average Bonchev–Trinajstić information content (AvgIpc) is 2.86. The molecular weight excluding hydrogens is 274 g/mol. The highest BCUT2D eigenvalue weighted by Crippen LogP contribution is 2.13. The lowest BCUT2D eigenvalue weighted by atomic mass is 10.3. The van der Waals surface area contributed by atoms with Crippen LogP contribution in [0.5, 0.6) is 0 Å². The molecule has 2 N–H and O–H groups in total. The van der Waals surface area contributed by atoms with Gasteiger partial charge in [-0.15, -0.1) is 0 Å².